The average molecular weight is 240 g/mol. The number of likely N-dealkylation sites (N-methyl/N-ethyl adjacent to an activating group) is 1. The van der Waals surface area contributed by atoms with Gasteiger partial charge in [0, 0.05) is 0 Å². The summed E-state index contributed by atoms with van der Waals surface area (Å²) < 4.78 is 37.0. The summed E-state index contributed by atoms with van der Waals surface area (Å²) >= 11 is 0. The number of hydrogen-bond acceptors (Lipinski definition) is 1. The summed E-state index contributed by atoms with van der Waals surface area (Å²) in [7, 11) is 1.32. The Hall–Kier alpha value is -0.740. The molecule has 5 heteroatoms. The molecule has 0 aromatic heterocycles. The molecule has 1 unspecified atom stereocenters. The third kappa shape index (κ3) is 4.53. The molecule has 1 rings (SSSR count). The highest BCUT2D eigenvalue weighted by Gasteiger charge is 2.38. The number of nitrogens with one attached hydrogen (secondary N) is 1. The van der Waals surface area contributed by atoms with Crippen LogP contribution in [0.5, 0.6) is 0 Å². The first-order chi connectivity index (χ1) is 6.54. The van der Waals surface area contributed by atoms with Crippen LogP contribution in [0.1, 0.15) is 5.56 Å². The first kappa shape index (κ1) is 14.3. The Morgan fingerprint density at radius 2 is 1.73 bits per heavy atom. The Kier molecular flexibility index (Phi) is 5.68. The van der Waals surface area contributed by atoms with Gasteiger partial charge < -0.3 is 5.32 Å². The summed E-state index contributed by atoms with van der Waals surface area (Å²) in [5.41, 5.74) is 0.684. The van der Waals surface area contributed by atoms with Crippen molar-refractivity contribution in [2.24, 2.45) is 0 Å². The van der Waals surface area contributed by atoms with Crippen LogP contribution in [0.15, 0.2) is 30.3 Å². The van der Waals surface area contributed by atoms with Gasteiger partial charge in [-0.25, -0.2) is 0 Å². The molecule has 15 heavy (non-hydrogen) atoms. The molecule has 0 fully saturated rings. The third-order valence-electron chi connectivity index (χ3n) is 2.03. The summed E-state index contributed by atoms with van der Waals surface area (Å²) in [5, 5.41) is 2.27. The molecular weight excluding hydrogens is 227 g/mol. The molecule has 0 saturated heterocycles. The van der Waals surface area contributed by atoms with E-state index in [0.717, 1.165) is 0 Å². The van der Waals surface area contributed by atoms with Crippen molar-refractivity contribution in [1.29, 1.82) is 0 Å². The predicted molar refractivity (Wildman–Crippen MR) is 56.3 cm³/mol. The van der Waals surface area contributed by atoms with Crippen molar-refractivity contribution in [1.82, 2.24) is 5.32 Å². The minimum atomic E-state index is -4.19. The fourth-order valence-corrected chi connectivity index (χ4v) is 1.23. The second-order valence-corrected chi connectivity index (χ2v) is 3.07. The lowest BCUT2D eigenvalue weighted by Gasteiger charge is -2.19. The Balaban J connectivity index is 0.00000196. The van der Waals surface area contributed by atoms with Crippen LogP contribution in [0.3, 0.4) is 0 Å². The van der Waals surface area contributed by atoms with E-state index in [1.165, 1.54) is 7.05 Å². The van der Waals surface area contributed by atoms with Gasteiger partial charge in [0.25, 0.3) is 0 Å². The molecule has 86 valence electrons. The van der Waals surface area contributed by atoms with E-state index >= 15 is 0 Å². The highest BCUT2D eigenvalue weighted by molar-refractivity contribution is 5.85. The van der Waals surface area contributed by atoms with Gasteiger partial charge in [-0.1, -0.05) is 30.3 Å². The molecule has 0 aliphatic heterocycles. The maximum absolute atomic E-state index is 12.3. The second kappa shape index (κ2) is 5.98. The molecule has 0 aliphatic carbocycles. The second-order valence-electron chi connectivity index (χ2n) is 3.07. The number of alkyl halides is 3. The molecule has 0 heterocycles. The highest BCUT2D eigenvalue weighted by atomic mass is 35.5. The van der Waals surface area contributed by atoms with E-state index in [1.54, 1.807) is 30.3 Å². The van der Waals surface area contributed by atoms with Gasteiger partial charge in [-0.15, -0.1) is 12.4 Å². The van der Waals surface area contributed by atoms with Crippen LogP contribution < -0.4 is 5.32 Å². The van der Waals surface area contributed by atoms with Crippen molar-refractivity contribution in [3.63, 3.8) is 0 Å². The van der Waals surface area contributed by atoms with E-state index < -0.39 is 12.2 Å². The van der Waals surface area contributed by atoms with Crippen LogP contribution in [0.25, 0.3) is 0 Å². The van der Waals surface area contributed by atoms with Crippen LogP contribution in [-0.4, -0.2) is 19.3 Å². The number of benzene rings is 1. The molecule has 1 N–H and O–H groups in total. The minimum absolute atomic E-state index is 0. The first-order valence-electron chi connectivity index (χ1n) is 4.32. The lowest BCUT2D eigenvalue weighted by molar-refractivity contribution is -0.154. The third-order valence-corrected chi connectivity index (χ3v) is 2.03. The Bertz CT molecular complexity index is 274. The van der Waals surface area contributed by atoms with Gasteiger partial charge in [-0.2, -0.15) is 13.2 Å². The highest BCUT2D eigenvalue weighted by Crippen LogP contribution is 2.22. The van der Waals surface area contributed by atoms with E-state index in [9.17, 15) is 13.2 Å². The van der Waals surface area contributed by atoms with Crippen LogP contribution in [0, 0.1) is 0 Å². The van der Waals surface area contributed by atoms with E-state index in [-0.39, 0.29) is 18.8 Å². The SMILES string of the molecule is CNC(Cc1ccccc1)C(F)(F)F.Cl. The van der Waals surface area contributed by atoms with Gasteiger partial charge >= 0.3 is 6.18 Å². The zero-order valence-electron chi connectivity index (χ0n) is 8.21. The van der Waals surface area contributed by atoms with Crippen molar-refractivity contribution in [2.45, 2.75) is 18.6 Å². The standard InChI is InChI=1S/C10H12F3N.ClH/c1-14-9(10(11,12)13)7-8-5-3-2-4-6-8;/h2-6,9,14H,7H2,1H3;1H. The maximum Gasteiger partial charge on any atom is 0.404 e. The summed E-state index contributed by atoms with van der Waals surface area (Å²) in [4.78, 5) is 0. The van der Waals surface area contributed by atoms with Crippen LogP contribution in [0.4, 0.5) is 13.2 Å². The van der Waals surface area contributed by atoms with Crippen molar-refractivity contribution < 1.29 is 13.2 Å². The minimum Gasteiger partial charge on any atom is -0.309 e. The molecule has 1 atom stereocenters. The van der Waals surface area contributed by atoms with Gasteiger partial charge in [0.15, 0.2) is 0 Å². The molecule has 0 amide bonds. The number of hydrogen-bond donors (Lipinski definition) is 1. The Labute approximate surface area is 93.1 Å². The average Bonchev–Trinajstić information content (AvgIpc) is 2.14. The summed E-state index contributed by atoms with van der Waals surface area (Å²) in [6, 6.07) is 7.17. The van der Waals surface area contributed by atoms with E-state index in [0.29, 0.717) is 5.56 Å². The predicted octanol–water partition coefficient (Wildman–Crippen LogP) is 2.80. The summed E-state index contributed by atoms with van der Waals surface area (Å²) in [6.45, 7) is 0. The molecular formula is C10H13ClF3N. The topological polar surface area (TPSA) is 12.0 Å². The quantitative estimate of drug-likeness (QED) is 0.855. The fraction of sp³-hybridized carbons (Fsp3) is 0.400. The largest absolute Gasteiger partial charge is 0.404 e. The van der Waals surface area contributed by atoms with Crippen molar-refractivity contribution >= 4 is 12.4 Å². The zero-order chi connectivity index (χ0) is 10.6. The molecule has 0 bridgehead atoms. The molecule has 0 saturated carbocycles. The molecule has 0 spiro atoms. The number of halogens is 4. The molecule has 1 nitrogen and oxygen atoms in total. The van der Waals surface area contributed by atoms with Crippen molar-refractivity contribution in [2.75, 3.05) is 7.05 Å². The molecule has 0 aliphatic rings. The molecule has 1 aromatic rings. The van der Waals surface area contributed by atoms with Gasteiger partial charge in [-0.3, -0.25) is 0 Å². The van der Waals surface area contributed by atoms with Crippen molar-refractivity contribution in [3.8, 4) is 0 Å². The van der Waals surface area contributed by atoms with Crippen LogP contribution in [-0.2, 0) is 6.42 Å². The molecule has 0 radical (unpaired) electrons. The fourth-order valence-electron chi connectivity index (χ4n) is 1.23. The normalized spacial score (nSPS) is 13.1. The first-order valence-corrected chi connectivity index (χ1v) is 4.32. The Morgan fingerprint density at radius 3 is 2.13 bits per heavy atom. The number of rotatable bonds is 3. The van der Waals surface area contributed by atoms with E-state index in [2.05, 4.69) is 5.32 Å². The van der Waals surface area contributed by atoms with Gasteiger partial charge in [0.2, 0.25) is 0 Å². The lowest BCUT2D eigenvalue weighted by Crippen LogP contribution is -2.41. The van der Waals surface area contributed by atoms with Crippen LogP contribution >= 0.6 is 12.4 Å². The monoisotopic (exact) mass is 239 g/mol. The maximum atomic E-state index is 12.3. The van der Waals surface area contributed by atoms with Gasteiger partial charge in [0.05, 0.1) is 0 Å². The van der Waals surface area contributed by atoms with Gasteiger partial charge in [-0.05, 0) is 19.0 Å². The van der Waals surface area contributed by atoms with Crippen molar-refractivity contribution in [3.05, 3.63) is 35.9 Å². The lowest BCUT2D eigenvalue weighted by atomic mass is 10.1. The summed E-state index contributed by atoms with van der Waals surface area (Å²) in [5.74, 6) is 0. The van der Waals surface area contributed by atoms with Crippen LogP contribution in [0.2, 0.25) is 0 Å². The Morgan fingerprint density at radius 1 is 1.20 bits per heavy atom. The zero-order valence-corrected chi connectivity index (χ0v) is 9.03. The smallest absolute Gasteiger partial charge is 0.309 e. The van der Waals surface area contributed by atoms with E-state index in [1.807, 2.05) is 0 Å². The summed E-state index contributed by atoms with van der Waals surface area (Å²) in [6.07, 6.45) is -4.22. The van der Waals surface area contributed by atoms with E-state index in [4.69, 9.17) is 0 Å². The molecule has 1 aromatic carbocycles. The van der Waals surface area contributed by atoms with Gasteiger partial charge in [0.1, 0.15) is 6.04 Å².